The minimum absolute atomic E-state index is 0.152. The van der Waals surface area contributed by atoms with Crippen LogP contribution >= 0.6 is 0 Å². The summed E-state index contributed by atoms with van der Waals surface area (Å²) < 4.78 is 11.3. The lowest BCUT2D eigenvalue weighted by Crippen LogP contribution is -2.14. The molecular weight excluding hydrogens is 448 g/mol. The fraction of sp³-hybridized carbons (Fsp3) is 0.562. The fourth-order valence-electron chi connectivity index (χ4n) is 4.83. The van der Waals surface area contributed by atoms with Gasteiger partial charge in [-0.15, -0.1) is 0 Å². The molecule has 1 aliphatic heterocycles. The van der Waals surface area contributed by atoms with Crippen molar-refractivity contribution in [2.24, 2.45) is 0 Å². The minimum atomic E-state index is -0.331. The quantitative estimate of drug-likeness (QED) is 0.173. The van der Waals surface area contributed by atoms with E-state index in [-0.39, 0.29) is 23.3 Å². The van der Waals surface area contributed by atoms with Crippen LogP contribution in [0.1, 0.15) is 112 Å². The van der Waals surface area contributed by atoms with Crippen LogP contribution in [0.4, 0.5) is 0 Å². The Bertz CT molecular complexity index is 1060. The van der Waals surface area contributed by atoms with E-state index in [0.717, 1.165) is 35.1 Å². The largest absolute Gasteiger partial charge is 0.466 e. The van der Waals surface area contributed by atoms with Gasteiger partial charge in [-0.25, -0.2) is 0 Å². The average Bonchev–Trinajstić information content (AvgIpc) is 3.13. The SMILES string of the molecule is CCCCCCCCOC(=O)CCc1cc2c(c(C(C)(C)C)c1)OC(=O)C2Cc1ccc(C)c(C)c1. The van der Waals surface area contributed by atoms with Gasteiger partial charge in [-0.1, -0.05) is 90.1 Å². The minimum Gasteiger partial charge on any atom is -0.466 e. The van der Waals surface area contributed by atoms with Crippen LogP contribution in [0.3, 0.4) is 0 Å². The highest BCUT2D eigenvalue weighted by molar-refractivity contribution is 5.87. The van der Waals surface area contributed by atoms with Crippen LogP contribution in [0.2, 0.25) is 0 Å². The standard InChI is InChI=1S/C32H44O4/c1-7-8-9-10-11-12-17-35-29(33)16-15-25-19-26-27(20-24-14-13-22(2)23(3)18-24)31(34)36-30(26)28(21-25)32(4,5)6/h13-14,18-19,21,27H,7-12,15-17,20H2,1-6H3. The second kappa shape index (κ2) is 12.6. The van der Waals surface area contributed by atoms with Gasteiger partial charge in [0.25, 0.3) is 0 Å². The number of fused-ring (bicyclic) bond motifs is 1. The molecular formula is C32H44O4. The van der Waals surface area contributed by atoms with E-state index in [4.69, 9.17) is 9.47 Å². The molecule has 0 saturated carbocycles. The van der Waals surface area contributed by atoms with E-state index >= 15 is 0 Å². The van der Waals surface area contributed by atoms with Gasteiger partial charge in [0.05, 0.1) is 12.5 Å². The number of ether oxygens (including phenoxy) is 2. The van der Waals surface area contributed by atoms with Crippen molar-refractivity contribution in [2.75, 3.05) is 6.61 Å². The Balaban J connectivity index is 1.69. The van der Waals surface area contributed by atoms with Crippen molar-refractivity contribution in [1.29, 1.82) is 0 Å². The molecule has 1 unspecified atom stereocenters. The maximum atomic E-state index is 13.0. The summed E-state index contributed by atoms with van der Waals surface area (Å²) in [4.78, 5) is 25.4. The zero-order valence-electron chi connectivity index (χ0n) is 23.2. The summed E-state index contributed by atoms with van der Waals surface area (Å²) >= 11 is 0. The highest BCUT2D eigenvalue weighted by Crippen LogP contribution is 2.44. The summed E-state index contributed by atoms with van der Waals surface area (Å²) in [7, 11) is 0. The number of carbonyl (C=O) groups is 2. The van der Waals surface area contributed by atoms with Crippen LogP contribution < -0.4 is 4.74 Å². The Morgan fingerprint density at radius 3 is 2.36 bits per heavy atom. The number of hydrogen-bond acceptors (Lipinski definition) is 4. The third-order valence-corrected chi connectivity index (χ3v) is 7.24. The van der Waals surface area contributed by atoms with Crippen LogP contribution in [0.25, 0.3) is 0 Å². The van der Waals surface area contributed by atoms with Crippen LogP contribution in [0.5, 0.6) is 5.75 Å². The molecule has 36 heavy (non-hydrogen) atoms. The summed E-state index contributed by atoms with van der Waals surface area (Å²) in [6.45, 7) is 13.3. The molecule has 0 radical (unpaired) electrons. The van der Waals surface area contributed by atoms with E-state index in [1.807, 2.05) is 0 Å². The summed E-state index contributed by atoms with van der Waals surface area (Å²) in [5.41, 5.74) is 6.44. The summed E-state index contributed by atoms with van der Waals surface area (Å²) in [6.07, 6.45) is 8.58. The molecule has 196 valence electrons. The number of hydrogen-bond donors (Lipinski definition) is 0. The first-order valence-electron chi connectivity index (χ1n) is 13.7. The molecule has 4 nitrogen and oxygen atoms in total. The molecule has 2 aromatic carbocycles. The van der Waals surface area contributed by atoms with E-state index in [1.165, 1.54) is 36.8 Å². The summed E-state index contributed by atoms with van der Waals surface area (Å²) in [5, 5.41) is 0. The van der Waals surface area contributed by atoms with E-state index < -0.39 is 0 Å². The Morgan fingerprint density at radius 2 is 1.67 bits per heavy atom. The highest BCUT2D eigenvalue weighted by atomic mass is 16.5. The summed E-state index contributed by atoms with van der Waals surface area (Å²) in [6, 6.07) is 10.5. The van der Waals surface area contributed by atoms with E-state index in [1.54, 1.807) is 0 Å². The molecule has 0 fully saturated rings. The van der Waals surface area contributed by atoms with Crippen LogP contribution in [-0.2, 0) is 32.6 Å². The molecule has 4 heteroatoms. The molecule has 1 aliphatic rings. The van der Waals surface area contributed by atoms with Crippen molar-refractivity contribution in [2.45, 2.75) is 111 Å². The van der Waals surface area contributed by atoms with Crippen molar-refractivity contribution in [1.82, 2.24) is 0 Å². The van der Waals surface area contributed by atoms with Gasteiger partial charge in [-0.3, -0.25) is 9.59 Å². The molecule has 0 bridgehead atoms. The van der Waals surface area contributed by atoms with Crippen molar-refractivity contribution >= 4 is 11.9 Å². The van der Waals surface area contributed by atoms with Gasteiger partial charge in [0.2, 0.25) is 0 Å². The first-order valence-corrected chi connectivity index (χ1v) is 13.7. The molecule has 0 amide bonds. The van der Waals surface area contributed by atoms with Gasteiger partial charge < -0.3 is 9.47 Å². The van der Waals surface area contributed by atoms with E-state index in [2.05, 4.69) is 71.9 Å². The Morgan fingerprint density at radius 1 is 0.944 bits per heavy atom. The van der Waals surface area contributed by atoms with Gasteiger partial charge >= 0.3 is 11.9 Å². The van der Waals surface area contributed by atoms with E-state index in [0.29, 0.717) is 31.6 Å². The monoisotopic (exact) mass is 492 g/mol. The number of esters is 2. The Labute approximate surface area is 217 Å². The molecule has 0 spiro atoms. The number of carbonyl (C=O) groups excluding carboxylic acids is 2. The molecule has 1 heterocycles. The van der Waals surface area contributed by atoms with Crippen LogP contribution in [0.15, 0.2) is 30.3 Å². The Kier molecular flexibility index (Phi) is 9.76. The van der Waals surface area contributed by atoms with Crippen LogP contribution in [-0.4, -0.2) is 18.5 Å². The topological polar surface area (TPSA) is 52.6 Å². The molecule has 1 atom stereocenters. The van der Waals surface area contributed by atoms with Crippen molar-refractivity contribution < 1.29 is 19.1 Å². The normalized spacial score (nSPS) is 15.1. The second-order valence-electron chi connectivity index (χ2n) is 11.4. The Hall–Kier alpha value is -2.62. The molecule has 0 saturated heterocycles. The van der Waals surface area contributed by atoms with Gasteiger partial charge in [-0.05, 0) is 60.8 Å². The smallest absolute Gasteiger partial charge is 0.319 e. The molecule has 0 aliphatic carbocycles. The molecule has 2 aromatic rings. The first kappa shape index (κ1) is 28.0. The third-order valence-electron chi connectivity index (χ3n) is 7.24. The second-order valence-corrected chi connectivity index (χ2v) is 11.4. The first-order chi connectivity index (χ1) is 17.1. The van der Waals surface area contributed by atoms with Crippen molar-refractivity contribution in [3.63, 3.8) is 0 Å². The number of unbranched alkanes of at least 4 members (excludes halogenated alkanes) is 5. The van der Waals surface area contributed by atoms with Gasteiger partial charge in [0, 0.05) is 17.5 Å². The van der Waals surface area contributed by atoms with Crippen LogP contribution in [0, 0.1) is 13.8 Å². The zero-order chi connectivity index (χ0) is 26.3. The third kappa shape index (κ3) is 7.44. The van der Waals surface area contributed by atoms with Crippen molar-refractivity contribution in [3.8, 4) is 5.75 Å². The molecule has 3 rings (SSSR count). The lowest BCUT2D eigenvalue weighted by Gasteiger charge is -2.23. The maximum absolute atomic E-state index is 13.0. The lowest BCUT2D eigenvalue weighted by molar-refractivity contribution is -0.143. The summed E-state index contributed by atoms with van der Waals surface area (Å²) in [5.74, 6) is 0.0307. The highest BCUT2D eigenvalue weighted by Gasteiger charge is 2.37. The van der Waals surface area contributed by atoms with Crippen molar-refractivity contribution in [3.05, 3.63) is 63.7 Å². The maximum Gasteiger partial charge on any atom is 0.319 e. The number of aryl methyl sites for hydroxylation is 3. The predicted molar refractivity (Wildman–Crippen MR) is 146 cm³/mol. The van der Waals surface area contributed by atoms with E-state index in [9.17, 15) is 9.59 Å². The van der Waals surface area contributed by atoms with Gasteiger partial charge in [0.15, 0.2) is 0 Å². The number of rotatable bonds is 12. The number of benzene rings is 2. The molecule has 0 aromatic heterocycles. The lowest BCUT2D eigenvalue weighted by atomic mass is 9.81. The fourth-order valence-corrected chi connectivity index (χ4v) is 4.83. The predicted octanol–water partition coefficient (Wildman–Crippen LogP) is 7.68. The van der Waals surface area contributed by atoms with Gasteiger partial charge in [0.1, 0.15) is 5.75 Å². The average molecular weight is 493 g/mol. The zero-order valence-corrected chi connectivity index (χ0v) is 23.2. The van der Waals surface area contributed by atoms with Gasteiger partial charge in [-0.2, -0.15) is 0 Å². The molecule has 0 N–H and O–H groups in total.